The Morgan fingerprint density at radius 1 is 1.41 bits per heavy atom. The maximum atomic E-state index is 12.0. The van der Waals surface area contributed by atoms with Gasteiger partial charge in [0, 0.05) is 11.6 Å². The maximum Gasteiger partial charge on any atom is 0.227 e. The molecule has 92 valence electrons. The lowest BCUT2D eigenvalue weighted by atomic mass is 9.87. The average molecular weight is 232 g/mol. The number of amides is 1. The van der Waals surface area contributed by atoms with Crippen molar-refractivity contribution in [2.75, 3.05) is 11.9 Å². The van der Waals surface area contributed by atoms with E-state index in [-0.39, 0.29) is 11.8 Å². The van der Waals surface area contributed by atoms with Gasteiger partial charge in [0.1, 0.15) is 0 Å². The molecule has 0 saturated carbocycles. The minimum Gasteiger partial charge on any atom is -0.330 e. The van der Waals surface area contributed by atoms with Crippen LogP contribution in [-0.4, -0.2) is 12.5 Å². The second-order valence-corrected chi connectivity index (χ2v) is 4.86. The highest BCUT2D eigenvalue weighted by Gasteiger charge is 2.26. The molecule has 1 aromatic carbocycles. The molecule has 0 spiro atoms. The summed E-state index contributed by atoms with van der Waals surface area (Å²) in [4.78, 5) is 12.0. The summed E-state index contributed by atoms with van der Waals surface area (Å²) in [7, 11) is 0. The first-order chi connectivity index (χ1) is 8.13. The second kappa shape index (κ2) is 4.88. The quantitative estimate of drug-likeness (QED) is 0.839. The van der Waals surface area contributed by atoms with Crippen molar-refractivity contribution in [3.8, 4) is 0 Å². The van der Waals surface area contributed by atoms with Crippen molar-refractivity contribution in [2.45, 2.75) is 33.1 Å². The van der Waals surface area contributed by atoms with E-state index in [4.69, 9.17) is 5.73 Å². The summed E-state index contributed by atoms with van der Waals surface area (Å²) in [6.45, 7) is 4.79. The molecule has 1 aromatic rings. The molecule has 1 unspecified atom stereocenters. The summed E-state index contributed by atoms with van der Waals surface area (Å²) in [5.74, 6) is 0.243. The van der Waals surface area contributed by atoms with Crippen LogP contribution in [0.4, 0.5) is 5.69 Å². The van der Waals surface area contributed by atoms with Gasteiger partial charge in [0.05, 0.1) is 0 Å². The first-order valence-corrected chi connectivity index (χ1v) is 6.23. The molecule has 1 aliphatic heterocycles. The van der Waals surface area contributed by atoms with Gasteiger partial charge in [-0.1, -0.05) is 12.1 Å². The van der Waals surface area contributed by atoms with Gasteiger partial charge in [-0.05, 0) is 56.3 Å². The highest BCUT2D eigenvalue weighted by Crippen LogP contribution is 2.31. The van der Waals surface area contributed by atoms with Crippen molar-refractivity contribution >= 4 is 11.6 Å². The number of fused-ring (bicyclic) bond motifs is 1. The lowest BCUT2D eigenvalue weighted by molar-refractivity contribution is -0.120. The minimum absolute atomic E-state index is 0.0909. The Kier molecular flexibility index (Phi) is 3.48. The van der Waals surface area contributed by atoms with Gasteiger partial charge in [0.15, 0.2) is 0 Å². The monoisotopic (exact) mass is 232 g/mol. The SMILES string of the molecule is Cc1ccc2c(c1C)NC(=O)C(CCCN)C2. The first-order valence-electron chi connectivity index (χ1n) is 6.23. The fraction of sp³-hybridized carbons (Fsp3) is 0.500. The van der Waals surface area contributed by atoms with Crippen molar-refractivity contribution in [1.82, 2.24) is 0 Å². The maximum absolute atomic E-state index is 12.0. The summed E-state index contributed by atoms with van der Waals surface area (Å²) >= 11 is 0. The Bertz CT molecular complexity index is 440. The van der Waals surface area contributed by atoms with Crippen LogP contribution in [-0.2, 0) is 11.2 Å². The number of rotatable bonds is 3. The smallest absolute Gasteiger partial charge is 0.227 e. The molecular formula is C14H20N2O. The van der Waals surface area contributed by atoms with E-state index >= 15 is 0 Å². The molecule has 17 heavy (non-hydrogen) atoms. The fourth-order valence-electron chi connectivity index (χ4n) is 2.40. The highest BCUT2D eigenvalue weighted by molar-refractivity contribution is 5.96. The number of nitrogens with two attached hydrogens (primary N) is 1. The van der Waals surface area contributed by atoms with Crippen LogP contribution in [0.2, 0.25) is 0 Å². The number of carbonyl (C=O) groups is 1. The Morgan fingerprint density at radius 2 is 2.18 bits per heavy atom. The number of carbonyl (C=O) groups excluding carboxylic acids is 1. The van der Waals surface area contributed by atoms with Gasteiger partial charge < -0.3 is 11.1 Å². The standard InChI is InChI=1S/C14H20N2O/c1-9-5-6-11-8-12(4-3-7-15)14(17)16-13(11)10(9)2/h5-6,12H,3-4,7-8,15H2,1-2H3,(H,16,17). The summed E-state index contributed by atoms with van der Waals surface area (Å²) in [5.41, 5.74) is 10.2. The Hall–Kier alpha value is -1.35. The molecule has 1 atom stereocenters. The third-order valence-corrected chi connectivity index (χ3v) is 3.66. The van der Waals surface area contributed by atoms with Crippen molar-refractivity contribution in [1.29, 1.82) is 0 Å². The highest BCUT2D eigenvalue weighted by atomic mass is 16.1. The molecule has 0 bridgehead atoms. The number of benzene rings is 1. The van der Waals surface area contributed by atoms with E-state index in [1.807, 2.05) is 0 Å². The lowest BCUT2D eigenvalue weighted by Gasteiger charge is -2.26. The first kappa shape index (κ1) is 12.1. The van der Waals surface area contributed by atoms with Gasteiger partial charge in [-0.15, -0.1) is 0 Å². The molecule has 0 saturated heterocycles. The van der Waals surface area contributed by atoms with Crippen molar-refractivity contribution in [2.24, 2.45) is 11.7 Å². The zero-order chi connectivity index (χ0) is 12.4. The normalized spacial score (nSPS) is 18.8. The van der Waals surface area contributed by atoms with Crippen LogP contribution in [0.25, 0.3) is 0 Å². The molecule has 3 nitrogen and oxygen atoms in total. The second-order valence-electron chi connectivity index (χ2n) is 4.86. The predicted molar refractivity (Wildman–Crippen MR) is 70.0 cm³/mol. The molecule has 1 aliphatic rings. The number of anilines is 1. The topological polar surface area (TPSA) is 55.1 Å². The fourth-order valence-corrected chi connectivity index (χ4v) is 2.40. The van der Waals surface area contributed by atoms with Gasteiger partial charge >= 0.3 is 0 Å². The number of aryl methyl sites for hydroxylation is 1. The van der Waals surface area contributed by atoms with Gasteiger partial charge in [-0.25, -0.2) is 0 Å². The van der Waals surface area contributed by atoms with Crippen molar-refractivity contribution in [3.05, 3.63) is 28.8 Å². The van der Waals surface area contributed by atoms with Crippen molar-refractivity contribution in [3.63, 3.8) is 0 Å². The Labute approximate surface area is 102 Å². The third kappa shape index (κ3) is 2.34. The molecule has 1 heterocycles. The Balaban J connectivity index is 2.24. The zero-order valence-corrected chi connectivity index (χ0v) is 10.5. The van der Waals surface area contributed by atoms with E-state index in [1.165, 1.54) is 16.7 Å². The lowest BCUT2D eigenvalue weighted by Crippen LogP contribution is -2.31. The minimum atomic E-state index is 0.0909. The average Bonchev–Trinajstić information content (AvgIpc) is 2.32. The molecule has 0 radical (unpaired) electrons. The molecule has 2 rings (SSSR count). The summed E-state index contributed by atoms with van der Waals surface area (Å²) < 4.78 is 0. The predicted octanol–water partition coefficient (Wildman–Crippen LogP) is 2.15. The van der Waals surface area contributed by atoms with Gasteiger partial charge in [0.2, 0.25) is 5.91 Å². The van der Waals surface area contributed by atoms with E-state index in [1.54, 1.807) is 0 Å². The summed E-state index contributed by atoms with van der Waals surface area (Å²) in [6, 6.07) is 4.26. The van der Waals surface area contributed by atoms with Crippen LogP contribution < -0.4 is 11.1 Å². The van der Waals surface area contributed by atoms with Crippen LogP contribution >= 0.6 is 0 Å². The molecule has 0 aromatic heterocycles. The third-order valence-electron chi connectivity index (χ3n) is 3.66. The molecule has 1 amide bonds. The van der Waals surface area contributed by atoms with E-state index in [0.29, 0.717) is 6.54 Å². The molecule has 3 heteroatoms. The number of hydrogen-bond donors (Lipinski definition) is 2. The number of hydrogen-bond acceptors (Lipinski definition) is 2. The number of nitrogens with one attached hydrogen (secondary N) is 1. The van der Waals surface area contributed by atoms with Gasteiger partial charge in [0.25, 0.3) is 0 Å². The summed E-state index contributed by atoms with van der Waals surface area (Å²) in [6.07, 6.45) is 2.65. The molecule has 0 aliphatic carbocycles. The van der Waals surface area contributed by atoms with E-state index in [9.17, 15) is 4.79 Å². The van der Waals surface area contributed by atoms with Crippen LogP contribution in [0.3, 0.4) is 0 Å². The largest absolute Gasteiger partial charge is 0.330 e. The van der Waals surface area contributed by atoms with Crippen LogP contribution in [0, 0.1) is 19.8 Å². The molecule has 0 fully saturated rings. The van der Waals surface area contributed by atoms with E-state index < -0.39 is 0 Å². The van der Waals surface area contributed by atoms with Crippen LogP contribution in [0.15, 0.2) is 12.1 Å². The molecule has 3 N–H and O–H groups in total. The Morgan fingerprint density at radius 3 is 2.88 bits per heavy atom. The van der Waals surface area contributed by atoms with E-state index in [0.717, 1.165) is 24.9 Å². The van der Waals surface area contributed by atoms with E-state index in [2.05, 4.69) is 31.3 Å². The van der Waals surface area contributed by atoms with Gasteiger partial charge in [-0.2, -0.15) is 0 Å². The molecular weight excluding hydrogens is 212 g/mol. The summed E-state index contributed by atoms with van der Waals surface area (Å²) in [5, 5.41) is 3.05. The zero-order valence-electron chi connectivity index (χ0n) is 10.5. The van der Waals surface area contributed by atoms with Crippen molar-refractivity contribution < 1.29 is 4.79 Å². The van der Waals surface area contributed by atoms with Crippen LogP contribution in [0.1, 0.15) is 29.5 Å². The van der Waals surface area contributed by atoms with Gasteiger partial charge in [-0.3, -0.25) is 4.79 Å². The van der Waals surface area contributed by atoms with Crippen LogP contribution in [0.5, 0.6) is 0 Å².